The van der Waals surface area contributed by atoms with Gasteiger partial charge in [0.15, 0.2) is 17.7 Å². The van der Waals surface area contributed by atoms with Crippen LogP contribution >= 0.6 is 0 Å². The van der Waals surface area contributed by atoms with Crippen LogP contribution in [-0.2, 0) is 9.53 Å². The number of hydrogen-bond acceptors (Lipinski definition) is 4. The summed E-state index contributed by atoms with van der Waals surface area (Å²) in [6, 6.07) is 12.3. The molecule has 0 bridgehead atoms. The molecule has 0 aromatic heterocycles. The molecule has 0 spiro atoms. The molecule has 2 aromatic carbocycles. The highest BCUT2D eigenvalue weighted by Gasteiger charge is 2.22. The second kappa shape index (κ2) is 8.10. The van der Waals surface area contributed by atoms with E-state index in [0.717, 1.165) is 0 Å². The fourth-order valence-corrected chi connectivity index (χ4v) is 2.11. The quantitative estimate of drug-likeness (QED) is 0.824. The molecule has 0 radical (unpaired) electrons. The minimum Gasteiger partial charge on any atom is -0.478 e. The van der Waals surface area contributed by atoms with Crippen LogP contribution in [0.3, 0.4) is 0 Å². The van der Waals surface area contributed by atoms with Gasteiger partial charge in [-0.2, -0.15) is 0 Å². The first kappa shape index (κ1) is 17.5. The molecule has 1 amide bonds. The molecule has 1 N–H and O–H groups in total. The monoisotopic (exact) mass is 331 g/mol. The highest BCUT2D eigenvalue weighted by molar-refractivity contribution is 6.02. The zero-order valence-corrected chi connectivity index (χ0v) is 13.4. The van der Waals surface area contributed by atoms with Crippen molar-refractivity contribution >= 4 is 17.6 Å². The van der Waals surface area contributed by atoms with Crippen LogP contribution in [0.4, 0.5) is 10.1 Å². The van der Waals surface area contributed by atoms with Gasteiger partial charge in [-0.15, -0.1) is 0 Å². The van der Waals surface area contributed by atoms with E-state index in [9.17, 15) is 14.0 Å². The van der Waals surface area contributed by atoms with Gasteiger partial charge >= 0.3 is 5.97 Å². The van der Waals surface area contributed by atoms with Gasteiger partial charge < -0.3 is 14.8 Å². The molecule has 2 aromatic rings. The fraction of sp³-hybridized carbons (Fsp3) is 0.222. The van der Waals surface area contributed by atoms with Crippen molar-refractivity contribution in [2.45, 2.75) is 19.4 Å². The number of methoxy groups -OCH3 is 1. The predicted octanol–water partition coefficient (Wildman–Crippen LogP) is 3.41. The molecular formula is C18H18FNO4. The fourth-order valence-electron chi connectivity index (χ4n) is 2.11. The summed E-state index contributed by atoms with van der Waals surface area (Å²) in [7, 11) is 1.26. The lowest BCUT2D eigenvalue weighted by molar-refractivity contribution is -0.122. The number of para-hydroxylation sites is 2. The van der Waals surface area contributed by atoms with Crippen LogP contribution in [0.2, 0.25) is 0 Å². The second-order valence-corrected chi connectivity index (χ2v) is 4.97. The number of esters is 1. The van der Waals surface area contributed by atoms with Crippen molar-refractivity contribution in [1.82, 2.24) is 0 Å². The highest BCUT2D eigenvalue weighted by atomic mass is 19.1. The number of benzene rings is 2. The third-order valence-electron chi connectivity index (χ3n) is 3.36. The minimum absolute atomic E-state index is 0.000697. The van der Waals surface area contributed by atoms with Gasteiger partial charge in [0.2, 0.25) is 0 Å². The topological polar surface area (TPSA) is 64.6 Å². The number of nitrogens with one attached hydrogen (secondary N) is 1. The van der Waals surface area contributed by atoms with E-state index >= 15 is 0 Å². The SMILES string of the molecule is CC[C@@H](Oc1ccccc1F)C(=O)Nc1ccccc1C(=O)OC. The zero-order chi connectivity index (χ0) is 17.5. The van der Waals surface area contributed by atoms with E-state index in [1.54, 1.807) is 37.3 Å². The van der Waals surface area contributed by atoms with Gasteiger partial charge in [-0.1, -0.05) is 31.2 Å². The first-order chi connectivity index (χ1) is 11.6. The maximum Gasteiger partial charge on any atom is 0.339 e. The van der Waals surface area contributed by atoms with Gasteiger partial charge in [0.1, 0.15) is 0 Å². The zero-order valence-electron chi connectivity index (χ0n) is 13.4. The molecular weight excluding hydrogens is 313 g/mol. The summed E-state index contributed by atoms with van der Waals surface area (Å²) in [5.41, 5.74) is 0.541. The van der Waals surface area contributed by atoms with E-state index in [2.05, 4.69) is 10.1 Å². The van der Waals surface area contributed by atoms with Gasteiger partial charge in [-0.25, -0.2) is 9.18 Å². The number of amides is 1. The molecule has 126 valence electrons. The summed E-state index contributed by atoms with van der Waals surface area (Å²) < 4.78 is 23.8. The van der Waals surface area contributed by atoms with E-state index in [1.165, 1.54) is 25.3 Å². The van der Waals surface area contributed by atoms with Crippen LogP contribution < -0.4 is 10.1 Å². The molecule has 5 nitrogen and oxygen atoms in total. The lowest BCUT2D eigenvalue weighted by Crippen LogP contribution is -2.33. The molecule has 0 aliphatic rings. The van der Waals surface area contributed by atoms with Crippen LogP contribution in [0.1, 0.15) is 23.7 Å². The number of anilines is 1. The number of hydrogen-bond donors (Lipinski definition) is 1. The smallest absolute Gasteiger partial charge is 0.339 e. The van der Waals surface area contributed by atoms with Gasteiger partial charge in [0.05, 0.1) is 18.4 Å². The van der Waals surface area contributed by atoms with Gasteiger partial charge in [-0.3, -0.25) is 4.79 Å². The van der Waals surface area contributed by atoms with Crippen molar-refractivity contribution < 1.29 is 23.5 Å². The van der Waals surface area contributed by atoms with Gasteiger partial charge in [0.25, 0.3) is 5.91 Å². The van der Waals surface area contributed by atoms with Crippen molar-refractivity contribution in [3.05, 3.63) is 59.9 Å². The average molecular weight is 331 g/mol. The van der Waals surface area contributed by atoms with E-state index in [1.807, 2.05) is 0 Å². The molecule has 24 heavy (non-hydrogen) atoms. The summed E-state index contributed by atoms with van der Waals surface area (Å²) >= 11 is 0. The Balaban J connectivity index is 2.16. The van der Waals surface area contributed by atoms with Crippen molar-refractivity contribution in [2.24, 2.45) is 0 Å². The Bertz CT molecular complexity index is 732. The summed E-state index contributed by atoms with van der Waals surface area (Å²) in [5, 5.41) is 2.63. The molecule has 6 heteroatoms. The second-order valence-electron chi connectivity index (χ2n) is 4.97. The average Bonchev–Trinajstić information content (AvgIpc) is 2.60. The number of ether oxygens (including phenoxy) is 2. The molecule has 0 aliphatic carbocycles. The number of carbonyl (C=O) groups is 2. The summed E-state index contributed by atoms with van der Waals surface area (Å²) in [6.07, 6.45) is -0.562. The largest absolute Gasteiger partial charge is 0.478 e. The van der Waals surface area contributed by atoms with Gasteiger partial charge in [-0.05, 0) is 30.7 Å². The third-order valence-corrected chi connectivity index (χ3v) is 3.36. The number of carbonyl (C=O) groups excluding carboxylic acids is 2. The Morgan fingerprint density at radius 2 is 1.79 bits per heavy atom. The molecule has 0 aliphatic heterocycles. The molecule has 0 unspecified atom stereocenters. The maximum atomic E-state index is 13.7. The van der Waals surface area contributed by atoms with Crippen LogP contribution in [0.5, 0.6) is 5.75 Å². The lowest BCUT2D eigenvalue weighted by atomic mass is 10.1. The van der Waals surface area contributed by atoms with Crippen molar-refractivity contribution in [2.75, 3.05) is 12.4 Å². The van der Waals surface area contributed by atoms with E-state index in [-0.39, 0.29) is 11.3 Å². The van der Waals surface area contributed by atoms with Crippen LogP contribution in [-0.4, -0.2) is 25.1 Å². The Kier molecular flexibility index (Phi) is 5.89. The van der Waals surface area contributed by atoms with Crippen molar-refractivity contribution in [3.8, 4) is 5.75 Å². The Labute approximate surface area is 139 Å². The highest BCUT2D eigenvalue weighted by Crippen LogP contribution is 2.20. The van der Waals surface area contributed by atoms with Crippen LogP contribution in [0.15, 0.2) is 48.5 Å². The van der Waals surface area contributed by atoms with Crippen LogP contribution in [0, 0.1) is 5.82 Å². The lowest BCUT2D eigenvalue weighted by Gasteiger charge is -2.18. The first-order valence-corrected chi connectivity index (χ1v) is 7.46. The summed E-state index contributed by atoms with van der Waals surface area (Å²) in [5.74, 6) is -1.58. The molecule has 1 atom stereocenters. The van der Waals surface area contributed by atoms with Crippen LogP contribution in [0.25, 0.3) is 0 Å². The van der Waals surface area contributed by atoms with Crippen molar-refractivity contribution in [1.29, 1.82) is 0 Å². The van der Waals surface area contributed by atoms with E-state index < -0.39 is 23.8 Å². The number of halogens is 1. The molecule has 2 rings (SSSR count). The first-order valence-electron chi connectivity index (χ1n) is 7.46. The van der Waals surface area contributed by atoms with E-state index in [4.69, 9.17) is 4.74 Å². The Morgan fingerprint density at radius 3 is 2.46 bits per heavy atom. The molecule has 0 heterocycles. The Morgan fingerprint density at radius 1 is 1.12 bits per heavy atom. The third kappa shape index (κ3) is 4.10. The molecule has 0 saturated heterocycles. The normalized spacial score (nSPS) is 11.5. The Hall–Kier alpha value is -2.89. The minimum atomic E-state index is -0.896. The van der Waals surface area contributed by atoms with Gasteiger partial charge in [0, 0.05) is 0 Å². The number of rotatable bonds is 6. The summed E-state index contributed by atoms with van der Waals surface area (Å²) in [6.45, 7) is 1.75. The van der Waals surface area contributed by atoms with Crippen molar-refractivity contribution in [3.63, 3.8) is 0 Å². The predicted molar refractivity (Wildman–Crippen MR) is 87.5 cm³/mol. The molecule has 0 saturated carbocycles. The van der Waals surface area contributed by atoms with E-state index in [0.29, 0.717) is 12.1 Å². The summed E-state index contributed by atoms with van der Waals surface area (Å²) in [4.78, 5) is 24.1. The maximum absolute atomic E-state index is 13.7. The molecule has 0 fully saturated rings. The standard InChI is InChI=1S/C18H18FNO4/c1-3-15(24-16-11-7-5-9-13(16)19)17(21)20-14-10-6-4-8-12(14)18(22)23-2/h4-11,15H,3H2,1-2H3,(H,20,21)/t15-/m1/s1.